The molecule has 5 aliphatic carbocycles. The maximum Gasteiger partial charge on any atom is 0.136 e. The van der Waals surface area contributed by atoms with E-state index < -0.39 is 0 Å². The fourth-order valence-electron chi connectivity index (χ4n) is 11.3. The molecule has 5 rings (SSSR count). The van der Waals surface area contributed by atoms with Crippen molar-refractivity contribution >= 4 is 5.78 Å². The molecule has 2 heteroatoms. The van der Waals surface area contributed by atoms with E-state index in [1.165, 1.54) is 44.9 Å². The Morgan fingerprint density at radius 2 is 1.41 bits per heavy atom. The van der Waals surface area contributed by atoms with E-state index in [1.807, 2.05) is 0 Å². The van der Waals surface area contributed by atoms with Crippen molar-refractivity contribution in [2.45, 2.75) is 126 Å². The summed E-state index contributed by atoms with van der Waals surface area (Å²) in [5.74, 6) is 2.49. The molecule has 0 aromatic heterocycles. The van der Waals surface area contributed by atoms with Crippen molar-refractivity contribution in [2.75, 3.05) is 0 Å². The van der Waals surface area contributed by atoms with Crippen molar-refractivity contribution in [2.24, 2.45) is 56.2 Å². The van der Waals surface area contributed by atoms with Crippen LogP contribution in [0.15, 0.2) is 0 Å². The summed E-state index contributed by atoms with van der Waals surface area (Å²) in [6.07, 6.45) is 11.5. The zero-order valence-corrected chi connectivity index (χ0v) is 22.3. The van der Waals surface area contributed by atoms with Gasteiger partial charge in [0.1, 0.15) is 5.78 Å². The van der Waals surface area contributed by atoms with Crippen molar-refractivity contribution < 1.29 is 9.90 Å². The molecule has 0 aromatic carbocycles. The molecule has 5 fully saturated rings. The highest BCUT2D eigenvalue weighted by Crippen LogP contribution is 2.78. The minimum atomic E-state index is -0.234. The van der Waals surface area contributed by atoms with Gasteiger partial charge in [-0.05, 0) is 103 Å². The Hall–Kier alpha value is -0.370. The molecule has 0 spiro atoms. The van der Waals surface area contributed by atoms with Gasteiger partial charge in [-0.2, -0.15) is 0 Å². The Morgan fingerprint density at radius 3 is 2.09 bits per heavy atom. The van der Waals surface area contributed by atoms with Gasteiger partial charge in [-0.1, -0.05) is 55.4 Å². The number of carbonyl (C=O) groups excluding carboxylic acids is 1. The molecule has 1 N–H and O–H groups in total. The van der Waals surface area contributed by atoms with E-state index >= 15 is 0 Å². The van der Waals surface area contributed by atoms with Gasteiger partial charge in [0.05, 0.1) is 6.10 Å². The summed E-state index contributed by atoms with van der Waals surface area (Å²) in [6, 6.07) is 0. The topological polar surface area (TPSA) is 37.3 Å². The Morgan fingerprint density at radius 1 is 0.750 bits per heavy atom. The van der Waals surface area contributed by atoms with Crippen molar-refractivity contribution in [3.05, 3.63) is 0 Å². The number of rotatable bonds is 0. The number of carbonyl (C=O) groups is 1. The number of aliphatic hydroxyl groups excluding tert-OH is 1. The maximum atomic E-state index is 12.7. The fraction of sp³-hybridized carbons (Fsp3) is 0.967. The summed E-state index contributed by atoms with van der Waals surface area (Å²) < 4.78 is 0. The molecular weight excluding hydrogens is 392 g/mol. The van der Waals surface area contributed by atoms with Gasteiger partial charge in [0.15, 0.2) is 0 Å². The molecule has 0 amide bonds. The van der Waals surface area contributed by atoms with E-state index in [0.29, 0.717) is 34.4 Å². The van der Waals surface area contributed by atoms with Crippen LogP contribution in [0.25, 0.3) is 0 Å². The van der Waals surface area contributed by atoms with Gasteiger partial charge in [0.25, 0.3) is 0 Å². The van der Waals surface area contributed by atoms with Crippen molar-refractivity contribution in [3.63, 3.8) is 0 Å². The maximum absolute atomic E-state index is 12.7. The van der Waals surface area contributed by atoms with Crippen LogP contribution in [-0.2, 0) is 4.79 Å². The van der Waals surface area contributed by atoms with Crippen LogP contribution in [-0.4, -0.2) is 17.0 Å². The lowest BCUT2D eigenvalue weighted by molar-refractivity contribution is -0.292. The predicted octanol–water partition coefficient (Wildman–Crippen LogP) is 7.43. The lowest BCUT2D eigenvalue weighted by Gasteiger charge is -2.75. The highest BCUT2D eigenvalue weighted by Gasteiger charge is 2.73. The first kappa shape index (κ1) is 23.4. The fourth-order valence-corrected chi connectivity index (χ4v) is 11.3. The Labute approximate surface area is 197 Å². The van der Waals surface area contributed by atoms with Crippen LogP contribution in [0.1, 0.15) is 120 Å². The number of hydrogen-bond donors (Lipinski definition) is 1. The molecule has 10 atom stereocenters. The summed E-state index contributed by atoms with van der Waals surface area (Å²) in [6.45, 7) is 19.8. The second-order valence-corrected chi connectivity index (χ2v) is 15.4. The lowest BCUT2D eigenvalue weighted by Crippen LogP contribution is -2.71. The minimum Gasteiger partial charge on any atom is -0.393 e. The number of ketones is 1. The summed E-state index contributed by atoms with van der Waals surface area (Å²) in [5, 5.41) is 12.2. The van der Waals surface area contributed by atoms with Gasteiger partial charge in [-0.25, -0.2) is 0 Å². The largest absolute Gasteiger partial charge is 0.393 e. The first-order valence-corrected chi connectivity index (χ1v) is 13.8. The number of hydrogen-bond acceptors (Lipinski definition) is 2. The standard InChI is InChI=1S/C30H50O2/c1-19-20(31)9-10-21-27(19,5)12-11-22-28(21,6)18-24(32)30(8)23-17-25(2,3)13-14-26(23,4)15-16-29(22,30)7/h19,21-24,32H,9-18H2,1-8H3/t19-,21+,22-,23+,24+,26+,27+,28-,29+,30+/m0/s1. The predicted molar refractivity (Wildman–Crippen MR) is 131 cm³/mol. The Kier molecular flexibility index (Phi) is 4.85. The van der Waals surface area contributed by atoms with E-state index in [-0.39, 0.29) is 33.7 Å². The average Bonchev–Trinajstić information content (AvgIpc) is 2.70. The molecule has 5 saturated carbocycles. The number of Topliss-reactive ketones (excluding diaryl/α,β-unsaturated/α-hetero) is 1. The monoisotopic (exact) mass is 442 g/mol. The van der Waals surface area contributed by atoms with Gasteiger partial charge in [0.2, 0.25) is 0 Å². The number of fused-ring (bicyclic) bond motifs is 7. The summed E-state index contributed by atoms with van der Waals surface area (Å²) >= 11 is 0. The zero-order valence-electron chi connectivity index (χ0n) is 22.3. The smallest absolute Gasteiger partial charge is 0.136 e. The van der Waals surface area contributed by atoms with Gasteiger partial charge < -0.3 is 5.11 Å². The SMILES string of the molecule is C[C@H]1C(=O)CC[C@@H]2[C@]1(C)CC[C@H]1[C@@]2(C)C[C@@H](O)[C@@]2(C)[C@@H]3CC(C)(C)CC[C@]3(C)CC[C@]12C. The molecule has 0 saturated heterocycles. The lowest BCUT2D eigenvalue weighted by atomic mass is 9.29. The third-order valence-corrected chi connectivity index (χ3v) is 13.7. The molecule has 0 bridgehead atoms. The molecule has 0 heterocycles. The summed E-state index contributed by atoms with van der Waals surface area (Å²) in [5.41, 5.74) is 1.20. The molecule has 5 aliphatic rings. The molecule has 0 radical (unpaired) electrons. The van der Waals surface area contributed by atoms with Crippen LogP contribution >= 0.6 is 0 Å². The molecule has 2 nitrogen and oxygen atoms in total. The van der Waals surface area contributed by atoms with Crippen LogP contribution < -0.4 is 0 Å². The number of aliphatic hydroxyl groups is 1. The third-order valence-electron chi connectivity index (χ3n) is 13.7. The van der Waals surface area contributed by atoms with Gasteiger partial charge in [0, 0.05) is 17.8 Å². The minimum absolute atomic E-state index is 0.00822. The second-order valence-electron chi connectivity index (χ2n) is 15.4. The van der Waals surface area contributed by atoms with Crippen LogP contribution in [0.5, 0.6) is 0 Å². The average molecular weight is 443 g/mol. The molecule has 32 heavy (non-hydrogen) atoms. The van der Waals surface area contributed by atoms with E-state index in [0.717, 1.165) is 19.3 Å². The molecule has 0 aliphatic heterocycles. The van der Waals surface area contributed by atoms with Gasteiger partial charge >= 0.3 is 0 Å². The third kappa shape index (κ3) is 2.66. The first-order chi connectivity index (χ1) is 14.6. The molecular formula is C30H50O2. The highest BCUT2D eigenvalue weighted by atomic mass is 16.3. The second kappa shape index (κ2) is 6.64. The molecule has 0 unspecified atom stereocenters. The van der Waals surface area contributed by atoms with E-state index in [4.69, 9.17) is 0 Å². The van der Waals surface area contributed by atoms with E-state index in [2.05, 4.69) is 55.4 Å². The van der Waals surface area contributed by atoms with Crippen LogP contribution in [0, 0.1) is 56.2 Å². The highest BCUT2D eigenvalue weighted by molar-refractivity contribution is 5.82. The van der Waals surface area contributed by atoms with Gasteiger partial charge in [-0.15, -0.1) is 0 Å². The summed E-state index contributed by atoms with van der Waals surface area (Å²) in [7, 11) is 0. The summed E-state index contributed by atoms with van der Waals surface area (Å²) in [4.78, 5) is 12.7. The van der Waals surface area contributed by atoms with Crippen LogP contribution in [0.2, 0.25) is 0 Å². The molecule has 182 valence electrons. The van der Waals surface area contributed by atoms with Crippen molar-refractivity contribution in [1.82, 2.24) is 0 Å². The van der Waals surface area contributed by atoms with Crippen LogP contribution in [0.4, 0.5) is 0 Å². The van der Waals surface area contributed by atoms with E-state index in [1.54, 1.807) is 0 Å². The quantitative estimate of drug-likeness (QED) is 0.423. The van der Waals surface area contributed by atoms with E-state index in [9.17, 15) is 9.90 Å². The van der Waals surface area contributed by atoms with Gasteiger partial charge in [-0.3, -0.25) is 4.79 Å². The van der Waals surface area contributed by atoms with Crippen LogP contribution in [0.3, 0.4) is 0 Å². The zero-order chi connectivity index (χ0) is 23.5. The normalized spacial score (nSPS) is 59.4. The van der Waals surface area contributed by atoms with Crippen molar-refractivity contribution in [1.29, 1.82) is 0 Å². The van der Waals surface area contributed by atoms with Crippen molar-refractivity contribution in [3.8, 4) is 0 Å². The molecule has 0 aromatic rings. The Balaban J connectivity index is 1.59. The Bertz CT molecular complexity index is 816. The first-order valence-electron chi connectivity index (χ1n) is 13.8.